The molecule has 1 atom stereocenters. The van der Waals surface area contributed by atoms with Gasteiger partial charge in [0, 0.05) is 62.7 Å². The summed E-state index contributed by atoms with van der Waals surface area (Å²) in [5.74, 6) is 0.710. The highest BCUT2D eigenvalue weighted by Crippen LogP contribution is 2.22. The Balaban J connectivity index is 1.98. The molecule has 1 aliphatic rings. The number of piperazine rings is 1. The Bertz CT molecular complexity index is 987. The van der Waals surface area contributed by atoms with Gasteiger partial charge in [-0.05, 0) is 62.9 Å². The van der Waals surface area contributed by atoms with Gasteiger partial charge in [-0.2, -0.15) is 0 Å². The maximum Gasteiger partial charge on any atom is 0.147 e. The van der Waals surface area contributed by atoms with Gasteiger partial charge < -0.3 is 25.4 Å². The minimum Gasteiger partial charge on any atom is -0.491 e. The first-order chi connectivity index (χ1) is 17.8. The van der Waals surface area contributed by atoms with Crippen molar-refractivity contribution in [1.29, 1.82) is 0 Å². The number of carbonyl (C=O) groups excluding carboxylic acids is 1. The molecule has 1 aromatic rings. The van der Waals surface area contributed by atoms with Crippen LogP contribution in [0.4, 0.5) is 0 Å². The van der Waals surface area contributed by atoms with Crippen molar-refractivity contribution in [1.82, 2.24) is 20.4 Å². The van der Waals surface area contributed by atoms with Crippen LogP contribution in [0.25, 0.3) is 5.57 Å². The van der Waals surface area contributed by atoms with Crippen molar-refractivity contribution in [3.8, 4) is 5.75 Å². The molecule has 0 spiro atoms. The second-order valence-electron chi connectivity index (χ2n) is 9.45. The monoisotopic (exact) mass is 508 g/mol. The lowest BCUT2D eigenvalue weighted by Crippen LogP contribution is -2.47. The van der Waals surface area contributed by atoms with E-state index in [0.29, 0.717) is 30.0 Å². The first-order valence-electron chi connectivity index (χ1n) is 12.9. The molecule has 7 nitrogen and oxygen atoms in total. The molecule has 0 saturated carbocycles. The Morgan fingerprint density at radius 1 is 1.19 bits per heavy atom. The van der Waals surface area contributed by atoms with Gasteiger partial charge in [-0.25, -0.2) is 0 Å². The van der Waals surface area contributed by atoms with E-state index in [0.717, 1.165) is 61.4 Å². The number of nitrogens with zero attached hydrogens (tertiary/aromatic N) is 2. The highest BCUT2D eigenvalue weighted by molar-refractivity contribution is 5.75. The van der Waals surface area contributed by atoms with E-state index in [1.54, 1.807) is 6.92 Å². The predicted octanol–water partition coefficient (Wildman–Crippen LogP) is 3.38. The van der Waals surface area contributed by atoms with E-state index in [2.05, 4.69) is 40.6 Å². The lowest BCUT2D eigenvalue weighted by atomic mass is 10.0. The topological polar surface area (TPSA) is 77.1 Å². The molecule has 3 N–H and O–H groups in total. The molecule has 202 valence electrons. The quantitative estimate of drug-likeness (QED) is 0.191. The fourth-order valence-electron chi connectivity index (χ4n) is 3.96. The highest BCUT2D eigenvalue weighted by Gasteiger charge is 2.17. The molecule has 0 radical (unpaired) electrons. The molecular weight excluding hydrogens is 464 g/mol. The van der Waals surface area contributed by atoms with Crippen molar-refractivity contribution >= 4 is 11.9 Å². The zero-order valence-electron chi connectivity index (χ0n) is 22.9. The van der Waals surface area contributed by atoms with E-state index < -0.39 is 6.10 Å². The lowest BCUT2D eigenvalue weighted by molar-refractivity contribution is -0.104. The van der Waals surface area contributed by atoms with Crippen LogP contribution in [-0.2, 0) is 4.79 Å². The third kappa shape index (κ3) is 10.5. The zero-order chi connectivity index (χ0) is 27.2. The number of β-amino-alcohol motifs (C(OH)–C–C–N with tert-alkyl or cyclic N) is 1. The Hall–Kier alpha value is -2.97. The smallest absolute Gasteiger partial charge is 0.147 e. The van der Waals surface area contributed by atoms with E-state index in [9.17, 15) is 9.90 Å². The molecule has 0 aliphatic carbocycles. The number of ether oxygens (including phenoxy) is 1. The summed E-state index contributed by atoms with van der Waals surface area (Å²) in [6, 6.07) is 7.70. The van der Waals surface area contributed by atoms with Gasteiger partial charge in [-0.3, -0.25) is 9.69 Å². The van der Waals surface area contributed by atoms with Crippen LogP contribution in [0.1, 0.15) is 25.8 Å². The van der Waals surface area contributed by atoms with Crippen LogP contribution in [0.3, 0.4) is 0 Å². The highest BCUT2D eigenvalue weighted by atomic mass is 16.5. The second kappa shape index (κ2) is 16.0. The minimum absolute atomic E-state index is 0.257. The molecule has 2 rings (SSSR count). The van der Waals surface area contributed by atoms with Crippen LogP contribution in [0, 0.1) is 0 Å². The number of likely N-dealkylation sites (N-methyl/N-ethyl adjacent to an activating group) is 1. The van der Waals surface area contributed by atoms with Gasteiger partial charge in [0.15, 0.2) is 0 Å². The van der Waals surface area contributed by atoms with Crippen LogP contribution >= 0.6 is 0 Å². The number of carbonyl (C=O) groups is 1. The zero-order valence-corrected chi connectivity index (χ0v) is 22.9. The number of nitrogens with one attached hydrogen (secondary N) is 2. The fraction of sp³-hybridized carbons (Fsp3) is 0.433. The summed E-state index contributed by atoms with van der Waals surface area (Å²) in [6.07, 6.45) is 6.90. The summed E-state index contributed by atoms with van der Waals surface area (Å²) in [4.78, 5) is 15.9. The molecule has 1 aliphatic heterocycles. The molecule has 1 fully saturated rings. The van der Waals surface area contributed by atoms with Crippen LogP contribution in [0.5, 0.6) is 5.75 Å². The molecule has 1 aromatic carbocycles. The summed E-state index contributed by atoms with van der Waals surface area (Å²) in [6.45, 7) is 17.8. The third-order valence-corrected chi connectivity index (χ3v) is 6.34. The molecule has 37 heavy (non-hydrogen) atoms. The van der Waals surface area contributed by atoms with Crippen molar-refractivity contribution < 1.29 is 14.6 Å². The van der Waals surface area contributed by atoms with E-state index in [1.807, 2.05) is 56.5 Å². The maximum atomic E-state index is 11.3. The van der Waals surface area contributed by atoms with E-state index in [4.69, 9.17) is 4.74 Å². The molecular formula is C30H44N4O3. The lowest BCUT2D eigenvalue weighted by Gasteiger charge is -2.33. The van der Waals surface area contributed by atoms with E-state index in [-0.39, 0.29) is 6.61 Å². The van der Waals surface area contributed by atoms with Crippen LogP contribution in [0.2, 0.25) is 0 Å². The van der Waals surface area contributed by atoms with E-state index in [1.165, 1.54) is 0 Å². The minimum atomic E-state index is -0.530. The molecule has 1 heterocycles. The van der Waals surface area contributed by atoms with E-state index >= 15 is 0 Å². The van der Waals surface area contributed by atoms with Gasteiger partial charge in [-0.1, -0.05) is 37.4 Å². The molecule has 0 amide bonds. The molecule has 1 unspecified atom stereocenters. The van der Waals surface area contributed by atoms with Gasteiger partial charge in [0.25, 0.3) is 0 Å². The summed E-state index contributed by atoms with van der Waals surface area (Å²) in [7, 11) is 4.00. The Kier molecular flexibility index (Phi) is 13.1. The number of aliphatic hydroxyl groups excluding tert-OH is 1. The fourth-order valence-corrected chi connectivity index (χ4v) is 3.96. The standard InChI is InChI=1S/C30H44N4O3/c1-7-8-27(25(4)32-30(13-14-31-5)24(3)21-35)19-23(2)26-9-11-29(12-10-26)37-22-28(36)20-34-17-15-33(6)16-18-34/h7-12,19,21,28,31-32,36H,2,4,13-18,20,22H2,1,3,5-6H3/b8-7-,27-19+,30-24+. The average molecular weight is 509 g/mol. The normalized spacial score (nSPS) is 16.8. The molecule has 0 aromatic heterocycles. The van der Waals surface area contributed by atoms with Crippen molar-refractivity contribution in [2.45, 2.75) is 26.4 Å². The number of allylic oxidation sites excluding steroid dienone is 5. The van der Waals surface area contributed by atoms with Crippen LogP contribution in [0.15, 0.2) is 78.2 Å². The third-order valence-electron chi connectivity index (χ3n) is 6.34. The SMILES string of the molecule is C=C(N/C(CCNC)=C(\C)C=O)C(/C=C\C)=C/C(=C)c1ccc(OCC(O)CN2CCN(C)CC2)cc1. The van der Waals surface area contributed by atoms with Crippen LogP contribution in [-0.4, -0.2) is 87.3 Å². The van der Waals surface area contributed by atoms with Gasteiger partial charge in [0.05, 0.1) is 0 Å². The summed E-state index contributed by atoms with van der Waals surface area (Å²) in [5.41, 5.74) is 4.84. The van der Waals surface area contributed by atoms with Gasteiger partial charge in [-0.15, -0.1) is 0 Å². The summed E-state index contributed by atoms with van der Waals surface area (Å²) >= 11 is 0. The average Bonchev–Trinajstić information content (AvgIpc) is 2.90. The molecule has 0 bridgehead atoms. The Morgan fingerprint density at radius 3 is 2.46 bits per heavy atom. The van der Waals surface area contributed by atoms with Crippen molar-refractivity contribution in [2.75, 3.05) is 60.0 Å². The van der Waals surface area contributed by atoms with Crippen molar-refractivity contribution in [2.24, 2.45) is 0 Å². The largest absolute Gasteiger partial charge is 0.491 e. The number of aldehydes is 1. The number of benzene rings is 1. The van der Waals surface area contributed by atoms with Gasteiger partial charge in [0.2, 0.25) is 0 Å². The predicted molar refractivity (Wildman–Crippen MR) is 153 cm³/mol. The number of aliphatic hydroxyl groups is 1. The number of rotatable bonds is 15. The summed E-state index contributed by atoms with van der Waals surface area (Å²) < 4.78 is 5.83. The van der Waals surface area contributed by atoms with Gasteiger partial charge >= 0.3 is 0 Å². The van der Waals surface area contributed by atoms with Crippen LogP contribution < -0.4 is 15.4 Å². The first kappa shape index (κ1) is 30.3. The molecule has 7 heteroatoms. The number of hydrogen-bond donors (Lipinski definition) is 3. The van der Waals surface area contributed by atoms with Gasteiger partial charge in [0.1, 0.15) is 24.7 Å². The number of hydrogen-bond acceptors (Lipinski definition) is 7. The van der Waals surface area contributed by atoms with Crippen molar-refractivity contribution in [3.63, 3.8) is 0 Å². The summed E-state index contributed by atoms with van der Waals surface area (Å²) in [5, 5.41) is 16.8. The maximum absolute atomic E-state index is 11.3. The first-order valence-corrected chi connectivity index (χ1v) is 12.9. The van der Waals surface area contributed by atoms with Crippen molar-refractivity contribution in [3.05, 3.63) is 83.8 Å². The second-order valence-corrected chi connectivity index (χ2v) is 9.45. The Labute approximate surface area is 222 Å². The molecule has 1 saturated heterocycles. The Morgan fingerprint density at radius 2 is 1.86 bits per heavy atom.